The average molecular weight is 410 g/mol. The summed E-state index contributed by atoms with van der Waals surface area (Å²) in [5.41, 5.74) is 1.82. The number of hydroxylamine groups is 1. The summed E-state index contributed by atoms with van der Waals surface area (Å²) >= 11 is 0. The SMILES string of the molecule is C=C(C)C(C(=O)OCC)N1C(=O)C(NC(=O)NOC(C)(C)C)C1S(=O)Cl. The highest BCUT2D eigenvalue weighted by molar-refractivity contribution is 8.08. The molecule has 0 aromatic rings. The van der Waals surface area contributed by atoms with Gasteiger partial charge in [-0.1, -0.05) is 6.58 Å². The molecule has 3 amide bonds. The predicted octanol–water partition coefficient (Wildman–Crippen LogP) is 0.963. The summed E-state index contributed by atoms with van der Waals surface area (Å²) in [6, 6.07) is -3.11. The van der Waals surface area contributed by atoms with Crippen molar-refractivity contribution in [2.75, 3.05) is 6.61 Å². The fraction of sp³-hybridized carbons (Fsp3) is 0.667. The highest BCUT2D eigenvalue weighted by Crippen LogP contribution is 2.30. The van der Waals surface area contributed by atoms with Crippen LogP contribution in [0, 0.1) is 0 Å². The highest BCUT2D eigenvalue weighted by atomic mass is 35.7. The first-order chi connectivity index (χ1) is 11.9. The van der Waals surface area contributed by atoms with Crippen molar-refractivity contribution >= 4 is 38.6 Å². The van der Waals surface area contributed by atoms with Crippen molar-refractivity contribution in [2.24, 2.45) is 0 Å². The molecule has 11 heteroatoms. The maximum atomic E-state index is 12.5. The third-order valence-electron chi connectivity index (χ3n) is 3.26. The molecule has 4 atom stereocenters. The Morgan fingerprint density at radius 3 is 2.42 bits per heavy atom. The van der Waals surface area contributed by atoms with Gasteiger partial charge in [0.1, 0.15) is 16.1 Å². The Hall–Kier alpha value is -1.65. The molecule has 0 spiro atoms. The van der Waals surface area contributed by atoms with Crippen LogP contribution in [-0.2, 0) is 29.2 Å². The molecule has 0 aromatic heterocycles. The van der Waals surface area contributed by atoms with Crippen LogP contribution in [0.4, 0.5) is 4.79 Å². The fourth-order valence-corrected chi connectivity index (χ4v) is 3.60. The lowest BCUT2D eigenvalue weighted by atomic mass is 9.99. The van der Waals surface area contributed by atoms with Gasteiger partial charge in [0, 0.05) is 0 Å². The van der Waals surface area contributed by atoms with Crippen molar-refractivity contribution in [2.45, 2.75) is 57.7 Å². The molecule has 0 radical (unpaired) electrons. The van der Waals surface area contributed by atoms with Crippen molar-refractivity contribution in [3.8, 4) is 0 Å². The third kappa shape index (κ3) is 5.42. The minimum Gasteiger partial charge on any atom is -0.464 e. The van der Waals surface area contributed by atoms with Gasteiger partial charge in [-0.15, -0.1) is 0 Å². The normalized spacial score (nSPS) is 22.1. The number of β-lactam (4-membered cyclic amide) rings is 1. The minimum absolute atomic E-state index is 0.105. The van der Waals surface area contributed by atoms with Crippen molar-refractivity contribution in [1.29, 1.82) is 0 Å². The smallest absolute Gasteiger partial charge is 0.339 e. The van der Waals surface area contributed by atoms with Gasteiger partial charge < -0.3 is 15.0 Å². The Bertz CT molecular complexity index is 621. The quantitative estimate of drug-likeness (QED) is 0.213. The molecule has 0 bridgehead atoms. The number of hydrogen-bond acceptors (Lipinski definition) is 6. The lowest BCUT2D eigenvalue weighted by Crippen LogP contribution is -2.75. The average Bonchev–Trinajstić information content (AvgIpc) is 2.49. The first-order valence-corrected chi connectivity index (χ1v) is 9.90. The van der Waals surface area contributed by atoms with Crippen LogP contribution in [0.1, 0.15) is 34.6 Å². The first kappa shape index (κ1) is 22.4. The van der Waals surface area contributed by atoms with E-state index < -0.39 is 51.0 Å². The van der Waals surface area contributed by atoms with E-state index in [0.717, 1.165) is 4.90 Å². The van der Waals surface area contributed by atoms with Gasteiger partial charge in [-0.25, -0.2) is 19.3 Å². The molecule has 1 fully saturated rings. The second-order valence-electron chi connectivity index (χ2n) is 6.65. The van der Waals surface area contributed by atoms with Gasteiger partial charge in [-0.05, 0) is 50.9 Å². The second kappa shape index (κ2) is 8.83. The monoisotopic (exact) mass is 409 g/mol. The molecule has 9 nitrogen and oxygen atoms in total. The van der Waals surface area contributed by atoms with Crippen molar-refractivity contribution in [1.82, 2.24) is 15.7 Å². The maximum absolute atomic E-state index is 12.5. The van der Waals surface area contributed by atoms with Crippen LogP contribution in [0.2, 0.25) is 0 Å². The fourth-order valence-electron chi connectivity index (χ4n) is 2.23. The van der Waals surface area contributed by atoms with Crippen LogP contribution in [0.3, 0.4) is 0 Å². The first-order valence-electron chi connectivity index (χ1n) is 7.86. The summed E-state index contributed by atoms with van der Waals surface area (Å²) in [6.07, 6.45) is 0. The number of nitrogens with zero attached hydrogens (tertiary/aromatic N) is 1. The number of esters is 1. The Kier molecular flexibility index (Phi) is 7.60. The molecular formula is C15H24ClN3O6S. The number of nitrogens with one attached hydrogen (secondary N) is 2. The zero-order valence-electron chi connectivity index (χ0n) is 15.3. The van der Waals surface area contributed by atoms with Crippen LogP contribution in [0.15, 0.2) is 12.2 Å². The Labute approximate surface area is 159 Å². The molecular weight excluding hydrogens is 386 g/mol. The van der Waals surface area contributed by atoms with E-state index in [-0.39, 0.29) is 6.61 Å². The number of rotatable bonds is 7. The number of ether oxygens (including phenoxy) is 1. The van der Waals surface area contributed by atoms with E-state index in [1.165, 1.54) is 6.92 Å². The van der Waals surface area contributed by atoms with E-state index in [9.17, 15) is 18.6 Å². The number of likely N-dealkylation sites (tertiary alicyclic amines) is 1. The van der Waals surface area contributed by atoms with Gasteiger partial charge in [0.15, 0.2) is 11.4 Å². The van der Waals surface area contributed by atoms with E-state index in [2.05, 4.69) is 17.4 Å². The summed E-state index contributed by atoms with van der Waals surface area (Å²) in [5, 5.41) is 1.22. The van der Waals surface area contributed by atoms with E-state index in [1.807, 2.05) is 0 Å². The third-order valence-corrected chi connectivity index (χ3v) is 4.69. The van der Waals surface area contributed by atoms with Crippen LogP contribution >= 0.6 is 10.7 Å². The lowest BCUT2D eigenvalue weighted by molar-refractivity contribution is -0.161. The lowest BCUT2D eigenvalue weighted by Gasteiger charge is -2.48. The summed E-state index contributed by atoms with van der Waals surface area (Å²) in [7, 11) is 3.64. The van der Waals surface area contributed by atoms with Crippen molar-refractivity contribution in [3.63, 3.8) is 0 Å². The molecule has 4 unspecified atom stereocenters. The zero-order chi connectivity index (χ0) is 20.2. The summed E-state index contributed by atoms with van der Waals surface area (Å²) in [5.74, 6) is -1.34. The maximum Gasteiger partial charge on any atom is 0.339 e. The molecule has 1 heterocycles. The molecule has 0 aromatic carbocycles. The molecule has 0 aliphatic carbocycles. The largest absolute Gasteiger partial charge is 0.464 e. The van der Waals surface area contributed by atoms with Crippen molar-refractivity contribution in [3.05, 3.63) is 12.2 Å². The summed E-state index contributed by atoms with van der Waals surface area (Å²) in [6.45, 7) is 12.1. The molecule has 1 aliphatic rings. The topological polar surface area (TPSA) is 114 Å². The second-order valence-corrected chi connectivity index (χ2v) is 8.55. The molecule has 1 saturated heterocycles. The van der Waals surface area contributed by atoms with Crippen molar-refractivity contribution < 1.29 is 28.2 Å². The number of halogens is 1. The molecule has 2 N–H and O–H groups in total. The number of urea groups is 1. The Balaban J connectivity index is 2.91. The van der Waals surface area contributed by atoms with Crippen LogP contribution < -0.4 is 10.8 Å². The molecule has 1 aliphatic heterocycles. The van der Waals surface area contributed by atoms with E-state index in [1.54, 1.807) is 27.7 Å². The van der Waals surface area contributed by atoms with Crippen LogP contribution in [0.25, 0.3) is 0 Å². The van der Waals surface area contributed by atoms with E-state index in [0.29, 0.717) is 5.57 Å². The Morgan fingerprint density at radius 2 is 2.00 bits per heavy atom. The van der Waals surface area contributed by atoms with E-state index in [4.69, 9.17) is 20.3 Å². The molecule has 148 valence electrons. The van der Waals surface area contributed by atoms with Gasteiger partial charge in [0.2, 0.25) is 0 Å². The number of carbonyl (C=O) groups excluding carboxylic acids is 3. The van der Waals surface area contributed by atoms with Gasteiger partial charge in [0.25, 0.3) is 5.91 Å². The molecule has 26 heavy (non-hydrogen) atoms. The minimum atomic E-state index is -2.05. The predicted molar refractivity (Wildman–Crippen MR) is 96.2 cm³/mol. The number of amides is 3. The van der Waals surface area contributed by atoms with Crippen LogP contribution in [-0.4, -0.2) is 56.7 Å². The van der Waals surface area contributed by atoms with Gasteiger partial charge >= 0.3 is 12.0 Å². The van der Waals surface area contributed by atoms with Gasteiger partial charge in [-0.3, -0.25) is 9.63 Å². The van der Waals surface area contributed by atoms with E-state index >= 15 is 0 Å². The standard InChI is InChI=1S/C15H24ClN3O6S/c1-7-24-13(21)10(8(2)3)19-11(20)9(12(19)26(16)23)17-14(22)18-25-15(4,5)6/h9-10,12H,2,7H2,1,3-6H3,(H2,17,18,22). The van der Waals surface area contributed by atoms with Crippen LogP contribution in [0.5, 0.6) is 0 Å². The number of hydrogen-bond donors (Lipinski definition) is 2. The highest BCUT2D eigenvalue weighted by Gasteiger charge is 2.56. The van der Waals surface area contributed by atoms with Gasteiger partial charge in [-0.2, -0.15) is 0 Å². The summed E-state index contributed by atoms with van der Waals surface area (Å²) in [4.78, 5) is 42.6. The van der Waals surface area contributed by atoms with Gasteiger partial charge in [0.05, 0.1) is 12.2 Å². The number of carbonyl (C=O) groups is 3. The zero-order valence-corrected chi connectivity index (χ0v) is 16.9. The Morgan fingerprint density at radius 1 is 1.42 bits per heavy atom. The summed E-state index contributed by atoms with van der Waals surface area (Å²) < 4.78 is 16.8. The molecule has 0 saturated carbocycles. The molecule has 1 rings (SSSR count).